The van der Waals surface area contributed by atoms with Crippen LogP contribution in [0, 0.1) is 0 Å². The van der Waals surface area contributed by atoms with E-state index in [2.05, 4.69) is 0 Å². The van der Waals surface area contributed by atoms with Crippen LogP contribution in [-0.2, 0) is 37.8 Å². The van der Waals surface area contributed by atoms with Crippen molar-refractivity contribution in [3.63, 3.8) is 0 Å². The van der Waals surface area contributed by atoms with Gasteiger partial charge in [-0.2, -0.15) is 57.4 Å². The summed E-state index contributed by atoms with van der Waals surface area (Å²) in [5.74, 6) is 0. The van der Waals surface area contributed by atoms with E-state index in [1.165, 1.54) is 12.1 Å². The molecule has 0 atom stereocenters. The van der Waals surface area contributed by atoms with Crippen LogP contribution in [0.4, 0.5) is 52.7 Å². The molecule has 1 aromatic heterocycles. The lowest BCUT2D eigenvalue weighted by atomic mass is 9.90. The molecule has 66 heavy (non-hydrogen) atoms. The third-order valence-corrected chi connectivity index (χ3v) is 12.5. The van der Waals surface area contributed by atoms with E-state index in [0.717, 1.165) is 0 Å². The molecule has 0 aliphatic carbocycles. The molecular formula is C50H30F12NO2P. The molecule has 9 aromatic rings. The average Bonchev–Trinajstić information content (AvgIpc) is 3.46. The van der Waals surface area contributed by atoms with Crippen molar-refractivity contribution in [1.82, 2.24) is 0 Å². The van der Waals surface area contributed by atoms with Gasteiger partial charge in [0, 0.05) is 35.0 Å². The Morgan fingerprint density at radius 1 is 0.379 bits per heavy atom. The topological polar surface area (TPSA) is 29.5 Å². The summed E-state index contributed by atoms with van der Waals surface area (Å²) in [4.78, 5) is 0. The van der Waals surface area contributed by atoms with Crippen molar-refractivity contribution in [3.8, 4) is 22.3 Å². The van der Waals surface area contributed by atoms with Crippen molar-refractivity contribution in [2.75, 3.05) is 4.67 Å². The van der Waals surface area contributed by atoms with Gasteiger partial charge in [-0.15, -0.1) is 0 Å². The molecule has 9 rings (SSSR count). The first kappa shape index (κ1) is 44.5. The first-order valence-electron chi connectivity index (χ1n) is 19.9. The molecule has 336 valence electrons. The highest BCUT2D eigenvalue weighted by molar-refractivity contribution is 7.38. The first-order valence-corrected chi connectivity index (χ1v) is 21.1. The van der Waals surface area contributed by atoms with E-state index >= 15 is 0 Å². The number of benzene rings is 8. The van der Waals surface area contributed by atoms with Crippen molar-refractivity contribution in [2.45, 2.75) is 37.8 Å². The highest BCUT2D eigenvalue weighted by Crippen LogP contribution is 2.50. The summed E-state index contributed by atoms with van der Waals surface area (Å²) in [6.07, 6.45) is -20.9. The lowest BCUT2D eigenvalue weighted by molar-refractivity contribution is -0.144. The lowest BCUT2D eigenvalue weighted by Crippen LogP contribution is -2.18. The van der Waals surface area contributed by atoms with Crippen molar-refractivity contribution >= 4 is 51.6 Å². The minimum absolute atomic E-state index is 0.000878. The average molecular weight is 936 g/mol. The van der Waals surface area contributed by atoms with Gasteiger partial charge in [0.2, 0.25) is 0 Å². The van der Waals surface area contributed by atoms with Crippen LogP contribution in [0.25, 0.3) is 65.7 Å². The predicted molar refractivity (Wildman–Crippen MR) is 231 cm³/mol. The Balaban J connectivity index is 1.53. The van der Waals surface area contributed by atoms with E-state index in [0.29, 0.717) is 56.9 Å². The molecule has 0 aliphatic rings. The number of rotatable bonds is 7. The van der Waals surface area contributed by atoms with Gasteiger partial charge in [-0.25, -0.2) is 0 Å². The van der Waals surface area contributed by atoms with Gasteiger partial charge in [0.05, 0.1) is 22.3 Å². The van der Waals surface area contributed by atoms with E-state index in [1.807, 2.05) is 0 Å². The molecule has 0 fully saturated rings. The summed E-state index contributed by atoms with van der Waals surface area (Å²) in [5.41, 5.74) is -7.01. The van der Waals surface area contributed by atoms with E-state index < -0.39 is 66.2 Å². The molecule has 1 heterocycles. The van der Waals surface area contributed by atoms with Crippen LogP contribution in [-0.4, -0.2) is 0 Å². The SMILES string of the molecule is FC(F)(F)c1cc(-c2cc3ccccc3c3c2op(N(Cc2ccccc2)Cc2ccccc2)oc2c(-c4cc(C(F)(F)F)cc(C(F)(F)F)c4)cc4ccccc4c23)cc(C(F)(F)F)c1. The maximum absolute atomic E-state index is 14.5. The van der Waals surface area contributed by atoms with Gasteiger partial charge < -0.3 is 8.39 Å². The van der Waals surface area contributed by atoms with E-state index in [4.69, 9.17) is 8.39 Å². The summed E-state index contributed by atoms with van der Waals surface area (Å²) >= 11 is 0. The Kier molecular flexibility index (Phi) is 11.2. The molecule has 0 saturated carbocycles. The molecule has 0 spiro atoms. The van der Waals surface area contributed by atoms with E-state index in [9.17, 15) is 52.7 Å². The van der Waals surface area contributed by atoms with Gasteiger partial charge >= 0.3 is 32.9 Å². The minimum Gasteiger partial charge on any atom is -0.407 e. The van der Waals surface area contributed by atoms with E-state index in [1.54, 1.807) is 114 Å². The van der Waals surface area contributed by atoms with Crippen LogP contribution in [0.15, 0.2) is 166 Å². The Labute approximate surface area is 367 Å². The zero-order valence-corrected chi connectivity index (χ0v) is 34.6. The number of fused-ring (bicyclic) bond motifs is 7. The quantitative estimate of drug-likeness (QED) is 0.149. The molecular weight excluding hydrogens is 906 g/mol. The summed E-state index contributed by atoms with van der Waals surface area (Å²) < 4.78 is 190. The molecule has 0 aliphatic heterocycles. The van der Waals surface area contributed by atoms with Crippen LogP contribution >= 0.6 is 8.16 Å². The molecule has 0 N–H and O–H groups in total. The molecule has 0 saturated heterocycles. The van der Waals surface area contributed by atoms with Crippen molar-refractivity contribution in [3.05, 3.63) is 191 Å². The normalized spacial score (nSPS) is 12.8. The van der Waals surface area contributed by atoms with Crippen LogP contribution in [0.2, 0.25) is 0 Å². The molecule has 8 aromatic carbocycles. The van der Waals surface area contributed by atoms with Gasteiger partial charge in [-0.3, -0.25) is 0 Å². The number of nitrogens with zero attached hydrogens (tertiary/aromatic N) is 1. The largest absolute Gasteiger partial charge is 0.416 e. The van der Waals surface area contributed by atoms with Crippen molar-refractivity contribution in [1.29, 1.82) is 0 Å². The highest BCUT2D eigenvalue weighted by atomic mass is 31.1. The highest BCUT2D eigenvalue weighted by Gasteiger charge is 2.39. The van der Waals surface area contributed by atoms with Gasteiger partial charge in [-0.1, -0.05) is 109 Å². The minimum atomic E-state index is -5.24. The summed E-state index contributed by atoms with van der Waals surface area (Å²) in [6.45, 7) is 0.0863. The number of hydrogen-bond acceptors (Lipinski definition) is 3. The Bertz CT molecular complexity index is 3040. The molecule has 0 amide bonds. The summed E-state index contributed by atoms with van der Waals surface area (Å²) in [7, 11) is -2.68. The number of halogens is 12. The zero-order valence-electron chi connectivity index (χ0n) is 33.7. The maximum atomic E-state index is 14.5. The standard InChI is InChI=1S/C50H30F12NO2P/c51-47(52,53)35-19-33(20-36(25-35)48(54,55)56)41-23-31-15-7-9-17-39(31)43-44-40-18-10-8-16-32(40)24-42(34-21-37(49(57,58)59)26-38(22-34)50(60,61)62)46(44)65-66(64-45(41)43)63(27-29-11-3-1-4-12-29)28-30-13-5-2-6-14-30/h1-26H,27-28H2. The predicted octanol–water partition coefficient (Wildman–Crippen LogP) is 17.3. The Morgan fingerprint density at radius 3 is 1.03 bits per heavy atom. The van der Waals surface area contributed by atoms with Crippen LogP contribution in [0.5, 0.6) is 0 Å². The third kappa shape index (κ3) is 8.84. The number of alkyl halides is 12. The molecule has 0 unspecified atom stereocenters. The number of hydrogen-bond donors (Lipinski definition) is 0. The summed E-state index contributed by atoms with van der Waals surface area (Å²) in [6, 6.07) is 35.5. The molecule has 0 radical (unpaired) electrons. The van der Waals surface area contributed by atoms with Crippen molar-refractivity contribution in [2.24, 2.45) is 0 Å². The second kappa shape index (κ2) is 16.6. The van der Waals surface area contributed by atoms with Gasteiger partial charge in [0.15, 0.2) is 11.2 Å². The fraction of sp³-hybridized carbons (Fsp3) is 0.120. The van der Waals surface area contributed by atoms with Gasteiger partial charge in [0.25, 0.3) is 0 Å². The van der Waals surface area contributed by atoms with Crippen LogP contribution < -0.4 is 4.67 Å². The van der Waals surface area contributed by atoms with E-state index in [-0.39, 0.29) is 58.3 Å². The Hall–Kier alpha value is -6.70. The fourth-order valence-corrected chi connectivity index (χ4v) is 9.56. The van der Waals surface area contributed by atoms with Crippen LogP contribution in [0.1, 0.15) is 33.4 Å². The first-order chi connectivity index (χ1) is 31.2. The Morgan fingerprint density at radius 2 is 0.697 bits per heavy atom. The molecule has 16 heteroatoms. The summed E-state index contributed by atoms with van der Waals surface area (Å²) in [5, 5.41) is 1.40. The smallest absolute Gasteiger partial charge is 0.407 e. The van der Waals surface area contributed by atoms with Gasteiger partial charge in [-0.05, 0) is 92.3 Å². The monoisotopic (exact) mass is 935 g/mol. The van der Waals surface area contributed by atoms with Gasteiger partial charge in [0.1, 0.15) is 0 Å². The van der Waals surface area contributed by atoms with Crippen molar-refractivity contribution < 1.29 is 61.1 Å². The fourth-order valence-electron chi connectivity index (χ4n) is 8.04. The second-order valence-electron chi connectivity index (χ2n) is 15.5. The molecule has 3 nitrogen and oxygen atoms in total. The zero-order chi connectivity index (χ0) is 46.8. The lowest BCUT2D eigenvalue weighted by Gasteiger charge is -2.20. The third-order valence-electron chi connectivity index (χ3n) is 11.0. The second-order valence-corrected chi connectivity index (χ2v) is 16.9. The maximum Gasteiger partial charge on any atom is 0.416 e. The molecule has 0 bridgehead atoms. The van der Waals surface area contributed by atoms with Crippen LogP contribution in [0.3, 0.4) is 0 Å².